The van der Waals surface area contributed by atoms with Crippen LogP contribution in [0.3, 0.4) is 0 Å². The Morgan fingerprint density at radius 3 is 2.48 bits per heavy atom. The van der Waals surface area contributed by atoms with E-state index in [9.17, 15) is 9.90 Å². The van der Waals surface area contributed by atoms with E-state index in [1.807, 2.05) is 37.3 Å². The minimum Gasteiger partial charge on any atom is -0.489 e. The fraction of sp³-hybridized carbons (Fsp3) is 0.381. The number of ether oxygens (including phenoxy) is 2. The van der Waals surface area contributed by atoms with E-state index in [1.165, 1.54) is 0 Å². The van der Waals surface area contributed by atoms with Gasteiger partial charge in [0.15, 0.2) is 0 Å². The highest BCUT2D eigenvalue weighted by molar-refractivity contribution is 5.93. The number of hydrogen-bond acceptors (Lipinski definition) is 3. The van der Waals surface area contributed by atoms with Crippen molar-refractivity contribution in [3.63, 3.8) is 0 Å². The van der Waals surface area contributed by atoms with E-state index in [-0.39, 0.29) is 11.7 Å². The molecular weight excluding hydrogens is 316 g/mol. The van der Waals surface area contributed by atoms with Gasteiger partial charge in [-0.2, -0.15) is 0 Å². The number of rotatable bonds is 9. The Morgan fingerprint density at radius 1 is 1.16 bits per heavy atom. The number of aryl methyl sites for hydroxylation is 1. The van der Waals surface area contributed by atoms with Crippen molar-refractivity contribution in [1.29, 1.82) is 0 Å². The fourth-order valence-electron chi connectivity index (χ4n) is 2.76. The Bertz CT molecular complexity index is 695. The van der Waals surface area contributed by atoms with Crippen LogP contribution in [0.15, 0.2) is 42.5 Å². The molecule has 0 saturated carbocycles. The summed E-state index contributed by atoms with van der Waals surface area (Å²) in [7, 11) is 0. The second-order valence-electron chi connectivity index (χ2n) is 6.13. The van der Waals surface area contributed by atoms with Gasteiger partial charge in [0.05, 0.1) is 6.10 Å². The molecule has 0 aliphatic rings. The van der Waals surface area contributed by atoms with Crippen molar-refractivity contribution in [2.24, 2.45) is 0 Å². The first-order valence-electron chi connectivity index (χ1n) is 8.76. The Morgan fingerprint density at radius 2 is 1.88 bits per heavy atom. The average Bonchev–Trinajstić information content (AvgIpc) is 2.59. The summed E-state index contributed by atoms with van der Waals surface area (Å²) in [5, 5.41) is 9.54. The Balaban J connectivity index is 2.25. The smallest absolute Gasteiger partial charge is 0.339 e. The molecule has 1 atom stereocenters. The average molecular weight is 342 g/mol. The Labute approximate surface area is 149 Å². The molecule has 4 heteroatoms. The van der Waals surface area contributed by atoms with E-state index in [0.29, 0.717) is 23.7 Å². The zero-order valence-electron chi connectivity index (χ0n) is 15.1. The normalized spacial score (nSPS) is 11.8. The van der Waals surface area contributed by atoms with Crippen molar-refractivity contribution in [3.8, 4) is 11.5 Å². The molecular formula is C21H26O4. The summed E-state index contributed by atoms with van der Waals surface area (Å²) < 4.78 is 11.9. The first-order valence-corrected chi connectivity index (χ1v) is 8.76. The second-order valence-corrected chi connectivity index (χ2v) is 6.13. The van der Waals surface area contributed by atoms with E-state index in [0.717, 1.165) is 24.8 Å². The highest BCUT2D eigenvalue weighted by Crippen LogP contribution is 2.31. The van der Waals surface area contributed by atoms with Gasteiger partial charge in [0, 0.05) is 6.07 Å². The van der Waals surface area contributed by atoms with Gasteiger partial charge in [-0.1, -0.05) is 50.6 Å². The summed E-state index contributed by atoms with van der Waals surface area (Å²) >= 11 is 0. The predicted octanol–water partition coefficient (Wildman–Crippen LogP) is 5.23. The summed E-state index contributed by atoms with van der Waals surface area (Å²) in [6.07, 6.45) is 2.72. The minimum atomic E-state index is -0.978. The molecule has 0 saturated heterocycles. The predicted molar refractivity (Wildman–Crippen MR) is 98.5 cm³/mol. The van der Waals surface area contributed by atoms with Crippen LogP contribution in [0, 0.1) is 6.92 Å². The van der Waals surface area contributed by atoms with Crippen LogP contribution < -0.4 is 9.47 Å². The molecule has 0 amide bonds. The highest BCUT2D eigenvalue weighted by atomic mass is 16.5. The van der Waals surface area contributed by atoms with Gasteiger partial charge in [-0.05, 0) is 37.0 Å². The lowest BCUT2D eigenvalue weighted by Crippen LogP contribution is -2.17. The first kappa shape index (κ1) is 18.8. The van der Waals surface area contributed by atoms with Gasteiger partial charge in [-0.15, -0.1) is 0 Å². The molecule has 1 unspecified atom stereocenters. The van der Waals surface area contributed by atoms with Crippen LogP contribution >= 0.6 is 0 Å². The largest absolute Gasteiger partial charge is 0.489 e. The summed E-state index contributed by atoms with van der Waals surface area (Å²) in [6.45, 7) is 6.34. The topological polar surface area (TPSA) is 55.8 Å². The van der Waals surface area contributed by atoms with Crippen LogP contribution in [0.2, 0.25) is 0 Å². The Kier molecular flexibility index (Phi) is 6.87. The van der Waals surface area contributed by atoms with Gasteiger partial charge in [0.2, 0.25) is 0 Å². The SMILES string of the molecule is CCCC(CC)Oc1cc(OCc2ccccc2)cc(C)c1C(=O)O. The van der Waals surface area contributed by atoms with E-state index in [4.69, 9.17) is 9.47 Å². The number of carbonyl (C=O) groups is 1. The van der Waals surface area contributed by atoms with Crippen LogP contribution in [-0.4, -0.2) is 17.2 Å². The zero-order valence-corrected chi connectivity index (χ0v) is 15.1. The summed E-state index contributed by atoms with van der Waals surface area (Å²) in [5.74, 6) is 0.0250. The molecule has 2 rings (SSSR count). The van der Waals surface area contributed by atoms with Gasteiger partial charge in [0.25, 0.3) is 0 Å². The monoisotopic (exact) mass is 342 g/mol. The number of hydrogen-bond donors (Lipinski definition) is 1. The maximum Gasteiger partial charge on any atom is 0.339 e. The third kappa shape index (κ3) is 5.24. The van der Waals surface area contributed by atoms with Gasteiger partial charge in [-0.3, -0.25) is 0 Å². The van der Waals surface area contributed by atoms with Gasteiger partial charge < -0.3 is 14.6 Å². The van der Waals surface area contributed by atoms with Crippen LogP contribution in [-0.2, 0) is 6.61 Å². The molecule has 2 aromatic rings. The molecule has 0 aliphatic carbocycles. The third-order valence-corrected chi connectivity index (χ3v) is 4.09. The Hall–Kier alpha value is -2.49. The van der Waals surface area contributed by atoms with Gasteiger partial charge in [-0.25, -0.2) is 4.79 Å². The molecule has 1 N–H and O–H groups in total. The van der Waals surface area contributed by atoms with E-state index in [2.05, 4.69) is 6.92 Å². The maximum absolute atomic E-state index is 11.6. The summed E-state index contributed by atoms with van der Waals surface area (Å²) in [5.41, 5.74) is 1.91. The molecule has 0 radical (unpaired) electrons. The molecule has 0 heterocycles. The standard InChI is InChI=1S/C21H26O4/c1-4-9-17(5-2)25-19-13-18(12-15(3)20(19)21(22)23)24-14-16-10-7-6-8-11-16/h6-8,10-13,17H,4-5,9,14H2,1-3H3,(H,22,23). The van der Waals surface area contributed by atoms with Crippen molar-refractivity contribution in [3.05, 3.63) is 59.2 Å². The van der Waals surface area contributed by atoms with Gasteiger partial charge in [0.1, 0.15) is 23.7 Å². The molecule has 134 valence electrons. The lowest BCUT2D eigenvalue weighted by atomic mass is 10.1. The van der Waals surface area contributed by atoms with Gasteiger partial charge >= 0.3 is 5.97 Å². The molecule has 4 nitrogen and oxygen atoms in total. The van der Waals surface area contributed by atoms with E-state index < -0.39 is 5.97 Å². The van der Waals surface area contributed by atoms with Crippen molar-refractivity contribution < 1.29 is 19.4 Å². The van der Waals surface area contributed by atoms with Crippen LogP contribution in [0.5, 0.6) is 11.5 Å². The summed E-state index contributed by atoms with van der Waals surface area (Å²) in [4.78, 5) is 11.6. The molecule has 0 bridgehead atoms. The van der Waals surface area contributed by atoms with Crippen LogP contribution in [0.4, 0.5) is 0 Å². The van der Waals surface area contributed by atoms with Crippen molar-refractivity contribution in [2.45, 2.75) is 52.7 Å². The molecule has 0 fully saturated rings. The third-order valence-electron chi connectivity index (χ3n) is 4.09. The van der Waals surface area contributed by atoms with Crippen LogP contribution in [0.25, 0.3) is 0 Å². The van der Waals surface area contributed by atoms with Crippen molar-refractivity contribution >= 4 is 5.97 Å². The number of aromatic carboxylic acids is 1. The van der Waals surface area contributed by atoms with Crippen LogP contribution in [0.1, 0.15) is 54.6 Å². The zero-order chi connectivity index (χ0) is 18.2. The first-order chi connectivity index (χ1) is 12.0. The quantitative estimate of drug-likeness (QED) is 0.678. The number of benzene rings is 2. The molecule has 2 aromatic carbocycles. The van der Waals surface area contributed by atoms with Crippen molar-refractivity contribution in [1.82, 2.24) is 0 Å². The fourth-order valence-corrected chi connectivity index (χ4v) is 2.76. The molecule has 0 aliphatic heterocycles. The lowest BCUT2D eigenvalue weighted by Gasteiger charge is -2.20. The van der Waals surface area contributed by atoms with E-state index >= 15 is 0 Å². The summed E-state index contributed by atoms with van der Waals surface area (Å²) in [6, 6.07) is 13.3. The minimum absolute atomic E-state index is 0.00636. The lowest BCUT2D eigenvalue weighted by molar-refractivity contribution is 0.0687. The van der Waals surface area contributed by atoms with E-state index in [1.54, 1.807) is 19.1 Å². The number of carboxylic acids is 1. The number of carboxylic acid groups (broad SMARTS) is 1. The highest BCUT2D eigenvalue weighted by Gasteiger charge is 2.19. The second kappa shape index (κ2) is 9.11. The molecule has 25 heavy (non-hydrogen) atoms. The maximum atomic E-state index is 11.6. The van der Waals surface area contributed by atoms with Crippen molar-refractivity contribution in [2.75, 3.05) is 0 Å². The molecule has 0 spiro atoms. The molecule has 0 aromatic heterocycles.